The standard InChI is InChI=1S/C12H20N2O2S/c1-9(2)10(3)14-17(15,16)8-11-4-6-12(13)7-5-11/h4-7,9-10,14H,8,13H2,1-3H3. The lowest BCUT2D eigenvalue weighted by atomic mass is 10.1. The van der Waals surface area contributed by atoms with Gasteiger partial charge < -0.3 is 5.73 Å². The number of sulfonamides is 1. The van der Waals surface area contributed by atoms with Crippen LogP contribution >= 0.6 is 0 Å². The van der Waals surface area contributed by atoms with Gasteiger partial charge in [-0.25, -0.2) is 13.1 Å². The summed E-state index contributed by atoms with van der Waals surface area (Å²) >= 11 is 0. The average molecular weight is 256 g/mol. The Kier molecular flexibility index (Phi) is 4.54. The van der Waals surface area contributed by atoms with E-state index < -0.39 is 10.0 Å². The first-order valence-corrected chi connectivity index (χ1v) is 7.30. The van der Waals surface area contributed by atoms with E-state index in [0.717, 1.165) is 5.56 Å². The molecule has 17 heavy (non-hydrogen) atoms. The molecule has 1 aromatic carbocycles. The molecule has 1 aromatic rings. The van der Waals surface area contributed by atoms with Gasteiger partial charge in [-0.3, -0.25) is 0 Å². The van der Waals surface area contributed by atoms with Crippen molar-refractivity contribution in [3.05, 3.63) is 29.8 Å². The molecule has 1 atom stereocenters. The lowest BCUT2D eigenvalue weighted by Crippen LogP contribution is -2.36. The summed E-state index contributed by atoms with van der Waals surface area (Å²) < 4.78 is 26.4. The van der Waals surface area contributed by atoms with Gasteiger partial charge in [0, 0.05) is 11.7 Å². The van der Waals surface area contributed by atoms with Crippen LogP contribution in [0.5, 0.6) is 0 Å². The highest BCUT2D eigenvalue weighted by molar-refractivity contribution is 7.88. The van der Waals surface area contributed by atoms with Crippen molar-refractivity contribution < 1.29 is 8.42 Å². The van der Waals surface area contributed by atoms with E-state index in [1.54, 1.807) is 24.3 Å². The quantitative estimate of drug-likeness (QED) is 0.788. The maximum Gasteiger partial charge on any atom is 0.216 e. The van der Waals surface area contributed by atoms with Crippen LogP contribution in [-0.2, 0) is 15.8 Å². The predicted octanol–water partition coefficient (Wildman–Crippen LogP) is 1.73. The number of nitrogens with one attached hydrogen (secondary N) is 1. The number of nitrogen functional groups attached to an aromatic ring is 1. The number of hydrogen-bond donors (Lipinski definition) is 2. The lowest BCUT2D eigenvalue weighted by Gasteiger charge is -2.17. The SMILES string of the molecule is CC(C)C(C)NS(=O)(=O)Cc1ccc(N)cc1. The summed E-state index contributed by atoms with van der Waals surface area (Å²) in [6, 6.07) is 6.81. The van der Waals surface area contributed by atoms with E-state index in [0.29, 0.717) is 5.69 Å². The van der Waals surface area contributed by atoms with Gasteiger partial charge in [0.15, 0.2) is 0 Å². The van der Waals surface area contributed by atoms with E-state index in [2.05, 4.69) is 4.72 Å². The molecule has 0 aromatic heterocycles. The molecule has 0 amide bonds. The zero-order chi connectivity index (χ0) is 13.1. The summed E-state index contributed by atoms with van der Waals surface area (Å²) in [5.74, 6) is 0.265. The fourth-order valence-corrected chi connectivity index (χ4v) is 2.85. The molecule has 0 heterocycles. The van der Waals surface area contributed by atoms with Gasteiger partial charge in [-0.1, -0.05) is 26.0 Å². The fourth-order valence-electron chi connectivity index (χ4n) is 1.29. The van der Waals surface area contributed by atoms with Gasteiger partial charge in [0.25, 0.3) is 0 Å². The minimum absolute atomic E-state index is 0.00958. The van der Waals surface area contributed by atoms with Gasteiger partial charge in [-0.05, 0) is 30.5 Å². The van der Waals surface area contributed by atoms with Crippen LogP contribution in [0.1, 0.15) is 26.3 Å². The molecule has 0 saturated heterocycles. The van der Waals surface area contributed by atoms with Crippen molar-refractivity contribution in [2.45, 2.75) is 32.6 Å². The number of nitrogens with two attached hydrogens (primary N) is 1. The van der Waals surface area contributed by atoms with Gasteiger partial charge in [0.1, 0.15) is 0 Å². The Bertz CT molecular complexity index is 452. The van der Waals surface area contributed by atoms with Crippen molar-refractivity contribution in [2.75, 3.05) is 5.73 Å². The van der Waals surface area contributed by atoms with E-state index in [-0.39, 0.29) is 17.7 Å². The third-order valence-electron chi connectivity index (χ3n) is 2.70. The van der Waals surface area contributed by atoms with Gasteiger partial charge in [0.05, 0.1) is 5.75 Å². The molecule has 5 heteroatoms. The Labute approximate surface area is 103 Å². The topological polar surface area (TPSA) is 72.2 Å². The third kappa shape index (κ3) is 4.75. The molecule has 1 unspecified atom stereocenters. The van der Waals surface area contributed by atoms with E-state index in [1.807, 2.05) is 20.8 Å². The van der Waals surface area contributed by atoms with Gasteiger partial charge in [0.2, 0.25) is 10.0 Å². The van der Waals surface area contributed by atoms with Gasteiger partial charge >= 0.3 is 0 Å². The largest absolute Gasteiger partial charge is 0.399 e. The van der Waals surface area contributed by atoms with E-state index in [1.165, 1.54) is 0 Å². The molecule has 0 aliphatic heterocycles. The zero-order valence-corrected chi connectivity index (χ0v) is 11.3. The summed E-state index contributed by atoms with van der Waals surface area (Å²) in [6.07, 6.45) is 0. The van der Waals surface area contributed by atoms with Gasteiger partial charge in [-0.2, -0.15) is 0 Å². The third-order valence-corrected chi connectivity index (χ3v) is 4.15. The predicted molar refractivity (Wildman–Crippen MR) is 70.9 cm³/mol. The van der Waals surface area contributed by atoms with Crippen molar-refractivity contribution in [3.63, 3.8) is 0 Å². The molecule has 3 N–H and O–H groups in total. The Hall–Kier alpha value is -1.07. The van der Waals surface area contributed by atoms with Crippen LogP contribution in [0, 0.1) is 5.92 Å². The molecule has 0 radical (unpaired) electrons. The highest BCUT2D eigenvalue weighted by Crippen LogP contribution is 2.10. The summed E-state index contributed by atoms with van der Waals surface area (Å²) in [5, 5.41) is 0. The highest BCUT2D eigenvalue weighted by Gasteiger charge is 2.17. The molecule has 96 valence electrons. The number of benzene rings is 1. The first-order valence-electron chi connectivity index (χ1n) is 5.64. The Morgan fingerprint density at radius 3 is 2.18 bits per heavy atom. The van der Waals surface area contributed by atoms with E-state index in [9.17, 15) is 8.42 Å². The fraction of sp³-hybridized carbons (Fsp3) is 0.500. The van der Waals surface area contributed by atoms with Crippen LogP contribution in [-0.4, -0.2) is 14.5 Å². The molecular formula is C12H20N2O2S. The lowest BCUT2D eigenvalue weighted by molar-refractivity contribution is 0.476. The number of hydrogen-bond acceptors (Lipinski definition) is 3. The van der Waals surface area contributed by atoms with Crippen molar-refractivity contribution in [1.29, 1.82) is 0 Å². The first-order chi connectivity index (χ1) is 7.80. The highest BCUT2D eigenvalue weighted by atomic mass is 32.2. The second-order valence-electron chi connectivity index (χ2n) is 4.65. The molecular weight excluding hydrogens is 236 g/mol. The van der Waals surface area contributed by atoms with Crippen LogP contribution in [0.3, 0.4) is 0 Å². The maximum absolute atomic E-state index is 11.9. The summed E-state index contributed by atoms with van der Waals surface area (Å²) in [5.41, 5.74) is 6.92. The summed E-state index contributed by atoms with van der Waals surface area (Å²) in [4.78, 5) is 0. The summed E-state index contributed by atoms with van der Waals surface area (Å²) in [7, 11) is -3.28. The van der Waals surface area contributed by atoms with Crippen LogP contribution in [0.25, 0.3) is 0 Å². The summed E-state index contributed by atoms with van der Waals surface area (Å²) in [6.45, 7) is 5.83. The Morgan fingerprint density at radius 2 is 1.71 bits per heavy atom. The second-order valence-corrected chi connectivity index (χ2v) is 6.41. The molecule has 0 fully saturated rings. The molecule has 0 spiro atoms. The Morgan fingerprint density at radius 1 is 1.18 bits per heavy atom. The minimum Gasteiger partial charge on any atom is -0.399 e. The van der Waals surface area contributed by atoms with E-state index >= 15 is 0 Å². The smallest absolute Gasteiger partial charge is 0.216 e. The Balaban J connectivity index is 2.70. The first kappa shape index (κ1) is 14.0. The van der Waals surface area contributed by atoms with Crippen LogP contribution < -0.4 is 10.5 Å². The number of rotatable bonds is 5. The molecule has 4 nitrogen and oxygen atoms in total. The molecule has 0 bridgehead atoms. The van der Waals surface area contributed by atoms with Crippen molar-refractivity contribution in [2.24, 2.45) is 5.92 Å². The average Bonchev–Trinajstić information content (AvgIpc) is 2.20. The zero-order valence-electron chi connectivity index (χ0n) is 10.5. The monoisotopic (exact) mass is 256 g/mol. The van der Waals surface area contributed by atoms with Crippen molar-refractivity contribution in [1.82, 2.24) is 4.72 Å². The molecule has 0 aliphatic rings. The van der Waals surface area contributed by atoms with Crippen LogP contribution in [0.15, 0.2) is 24.3 Å². The second kappa shape index (κ2) is 5.51. The van der Waals surface area contributed by atoms with Crippen LogP contribution in [0.2, 0.25) is 0 Å². The minimum atomic E-state index is -3.28. The van der Waals surface area contributed by atoms with E-state index in [4.69, 9.17) is 5.73 Å². The van der Waals surface area contributed by atoms with Crippen molar-refractivity contribution in [3.8, 4) is 0 Å². The maximum atomic E-state index is 11.9. The molecule has 0 saturated carbocycles. The normalized spacial score (nSPS) is 13.9. The number of anilines is 1. The van der Waals surface area contributed by atoms with Crippen molar-refractivity contribution >= 4 is 15.7 Å². The van der Waals surface area contributed by atoms with Gasteiger partial charge in [-0.15, -0.1) is 0 Å². The molecule has 1 rings (SSSR count). The molecule has 0 aliphatic carbocycles. The van der Waals surface area contributed by atoms with Crippen LogP contribution in [0.4, 0.5) is 5.69 Å².